The number of unbranched alkanes of at least 4 members (excludes halogenated alkanes) is 5. The molecule has 0 aliphatic carbocycles. The molecule has 1 aliphatic rings. The van der Waals surface area contributed by atoms with Crippen molar-refractivity contribution in [2.75, 3.05) is 6.54 Å². The Morgan fingerprint density at radius 2 is 2.00 bits per heavy atom. The SMILES string of the molecule is CCCCCC/C=C/C(C)CC1CC(=O)N(CCCCC(=O)O)C1=O. The van der Waals surface area contributed by atoms with Gasteiger partial charge in [-0.25, -0.2) is 0 Å². The number of carbonyl (C=O) groups is 3. The van der Waals surface area contributed by atoms with Crippen LogP contribution in [-0.4, -0.2) is 34.3 Å². The number of aliphatic carboxylic acids is 1. The fourth-order valence-corrected chi connectivity index (χ4v) is 3.26. The van der Waals surface area contributed by atoms with Gasteiger partial charge < -0.3 is 5.11 Å². The van der Waals surface area contributed by atoms with Crippen molar-refractivity contribution in [3.8, 4) is 0 Å². The highest BCUT2D eigenvalue weighted by Crippen LogP contribution is 2.27. The molecular weight excluding hydrogens is 318 g/mol. The van der Waals surface area contributed by atoms with Crippen LogP contribution in [0.3, 0.4) is 0 Å². The summed E-state index contributed by atoms with van der Waals surface area (Å²) in [5.41, 5.74) is 0. The van der Waals surface area contributed by atoms with E-state index in [1.807, 2.05) is 0 Å². The number of hydrogen-bond acceptors (Lipinski definition) is 3. The van der Waals surface area contributed by atoms with Gasteiger partial charge in [-0.2, -0.15) is 0 Å². The van der Waals surface area contributed by atoms with Gasteiger partial charge in [-0.15, -0.1) is 0 Å². The van der Waals surface area contributed by atoms with Crippen molar-refractivity contribution in [1.29, 1.82) is 0 Å². The first-order chi connectivity index (χ1) is 12.0. The van der Waals surface area contributed by atoms with Crippen LogP contribution in [0, 0.1) is 11.8 Å². The van der Waals surface area contributed by atoms with Crippen LogP contribution in [0.15, 0.2) is 12.2 Å². The quantitative estimate of drug-likeness (QED) is 0.307. The second-order valence-corrected chi connectivity index (χ2v) is 7.13. The highest BCUT2D eigenvalue weighted by atomic mass is 16.4. The van der Waals surface area contributed by atoms with Gasteiger partial charge in [-0.1, -0.05) is 45.3 Å². The summed E-state index contributed by atoms with van der Waals surface area (Å²) in [6.45, 7) is 4.65. The normalized spacial score (nSPS) is 19.1. The molecule has 0 aromatic heterocycles. The molecule has 1 fully saturated rings. The molecule has 5 heteroatoms. The van der Waals surface area contributed by atoms with Crippen molar-refractivity contribution < 1.29 is 19.5 Å². The number of nitrogens with zero attached hydrogens (tertiary/aromatic N) is 1. The van der Waals surface area contributed by atoms with Gasteiger partial charge >= 0.3 is 5.97 Å². The molecule has 0 radical (unpaired) electrons. The van der Waals surface area contributed by atoms with E-state index in [0.717, 1.165) is 6.42 Å². The van der Waals surface area contributed by atoms with E-state index < -0.39 is 5.97 Å². The molecule has 1 rings (SSSR count). The lowest BCUT2D eigenvalue weighted by molar-refractivity contribution is -0.139. The number of amides is 2. The number of carboxylic acid groups (broad SMARTS) is 1. The third-order valence-corrected chi connectivity index (χ3v) is 4.70. The smallest absolute Gasteiger partial charge is 0.303 e. The lowest BCUT2D eigenvalue weighted by atomic mass is 9.94. The summed E-state index contributed by atoms with van der Waals surface area (Å²) in [6, 6.07) is 0. The zero-order valence-corrected chi connectivity index (χ0v) is 15.7. The van der Waals surface area contributed by atoms with Crippen molar-refractivity contribution in [3.63, 3.8) is 0 Å². The van der Waals surface area contributed by atoms with Gasteiger partial charge in [0, 0.05) is 25.3 Å². The lowest BCUT2D eigenvalue weighted by Crippen LogP contribution is -2.32. The van der Waals surface area contributed by atoms with Crippen molar-refractivity contribution in [2.45, 2.75) is 78.1 Å². The fraction of sp³-hybridized carbons (Fsp3) is 0.750. The predicted molar refractivity (Wildman–Crippen MR) is 98.0 cm³/mol. The molecule has 2 unspecified atom stereocenters. The van der Waals surface area contributed by atoms with Gasteiger partial charge in [-0.3, -0.25) is 19.3 Å². The number of allylic oxidation sites excluding steroid dienone is 2. The number of rotatable bonds is 13. The van der Waals surface area contributed by atoms with E-state index in [1.54, 1.807) is 0 Å². The van der Waals surface area contributed by atoms with Gasteiger partial charge in [0.15, 0.2) is 0 Å². The summed E-state index contributed by atoms with van der Waals surface area (Å²) in [5, 5.41) is 8.63. The first-order valence-corrected chi connectivity index (χ1v) is 9.68. The molecule has 0 spiro atoms. The Labute approximate surface area is 151 Å². The molecule has 5 nitrogen and oxygen atoms in total. The molecule has 0 aromatic carbocycles. The maximum Gasteiger partial charge on any atom is 0.303 e. The van der Waals surface area contributed by atoms with Gasteiger partial charge in [-0.05, 0) is 38.0 Å². The Kier molecular flexibility index (Phi) is 10.1. The van der Waals surface area contributed by atoms with Crippen LogP contribution < -0.4 is 0 Å². The maximum absolute atomic E-state index is 12.4. The summed E-state index contributed by atoms with van der Waals surface area (Å²) in [4.78, 5) is 36.3. The van der Waals surface area contributed by atoms with Crippen LogP contribution in [0.25, 0.3) is 0 Å². The lowest BCUT2D eigenvalue weighted by Gasteiger charge is -2.15. The Bertz CT molecular complexity index is 472. The topological polar surface area (TPSA) is 74.7 Å². The largest absolute Gasteiger partial charge is 0.481 e. The first-order valence-electron chi connectivity index (χ1n) is 9.68. The highest BCUT2D eigenvalue weighted by molar-refractivity contribution is 6.03. The van der Waals surface area contributed by atoms with E-state index in [9.17, 15) is 14.4 Å². The fourth-order valence-electron chi connectivity index (χ4n) is 3.26. The van der Waals surface area contributed by atoms with E-state index in [0.29, 0.717) is 38.1 Å². The average molecular weight is 351 g/mol. The minimum absolute atomic E-state index is 0.0801. The number of likely N-dealkylation sites (tertiary alicyclic amines) is 1. The van der Waals surface area contributed by atoms with Crippen LogP contribution in [0.4, 0.5) is 0 Å². The van der Waals surface area contributed by atoms with Crippen LogP contribution >= 0.6 is 0 Å². The molecular formula is C20H33NO4. The number of hydrogen-bond donors (Lipinski definition) is 1. The Morgan fingerprint density at radius 1 is 1.24 bits per heavy atom. The molecule has 25 heavy (non-hydrogen) atoms. The van der Waals surface area contributed by atoms with Crippen molar-refractivity contribution in [3.05, 3.63) is 12.2 Å². The standard InChI is InChI=1S/C20H33NO4/c1-3-4-5-6-7-8-11-16(2)14-17-15-18(22)21(20(17)25)13-10-9-12-19(23)24/h8,11,16-17H,3-7,9-10,12-15H2,1-2H3,(H,23,24)/b11-8+. The second-order valence-electron chi connectivity index (χ2n) is 7.13. The van der Waals surface area contributed by atoms with Crippen molar-refractivity contribution in [1.82, 2.24) is 4.90 Å². The number of imide groups is 1. The Hall–Kier alpha value is -1.65. The zero-order chi connectivity index (χ0) is 18.7. The van der Waals surface area contributed by atoms with E-state index >= 15 is 0 Å². The van der Waals surface area contributed by atoms with E-state index in [1.165, 1.54) is 30.6 Å². The first kappa shape index (κ1) is 21.4. The predicted octanol–water partition coefficient (Wildman–Crippen LogP) is 4.17. The molecule has 2 atom stereocenters. The number of carbonyl (C=O) groups excluding carboxylic acids is 2. The van der Waals surface area contributed by atoms with Crippen LogP contribution in [0.2, 0.25) is 0 Å². The van der Waals surface area contributed by atoms with Crippen molar-refractivity contribution in [2.24, 2.45) is 11.8 Å². The second kappa shape index (κ2) is 11.8. The third-order valence-electron chi connectivity index (χ3n) is 4.70. The summed E-state index contributed by atoms with van der Waals surface area (Å²) in [6.07, 6.45) is 12.6. The van der Waals surface area contributed by atoms with Gasteiger partial charge in [0.1, 0.15) is 0 Å². The monoisotopic (exact) mass is 351 g/mol. The summed E-state index contributed by atoms with van der Waals surface area (Å²) < 4.78 is 0. The van der Waals surface area contributed by atoms with Gasteiger partial charge in [0.05, 0.1) is 0 Å². The average Bonchev–Trinajstić information content (AvgIpc) is 2.81. The van der Waals surface area contributed by atoms with E-state index in [4.69, 9.17) is 5.11 Å². The maximum atomic E-state index is 12.4. The minimum atomic E-state index is -0.841. The van der Waals surface area contributed by atoms with E-state index in [2.05, 4.69) is 26.0 Å². The highest BCUT2D eigenvalue weighted by Gasteiger charge is 2.38. The minimum Gasteiger partial charge on any atom is -0.481 e. The molecule has 1 saturated heterocycles. The van der Waals surface area contributed by atoms with Gasteiger partial charge in [0.2, 0.25) is 11.8 Å². The Balaban J connectivity index is 2.32. The van der Waals surface area contributed by atoms with Crippen molar-refractivity contribution >= 4 is 17.8 Å². The van der Waals surface area contributed by atoms with Crippen LogP contribution in [0.1, 0.15) is 78.1 Å². The summed E-state index contributed by atoms with van der Waals surface area (Å²) >= 11 is 0. The zero-order valence-electron chi connectivity index (χ0n) is 15.7. The number of carboxylic acids is 1. The molecule has 2 amide bonds. The third kappa shape index (κ3) is 8.32. The summed E-state index contributed by atoms with van der Waals surface area (Å²) in [7, 11) is 0. The molecule has 142 valence electrons. The van der Waals surface area contributed by atoms with Crippen LogP contribution in [0.5, 0.6) is 0 Å². The summed E-state index contributed by atoms with van der Waals surface area (Å²) in [5.74, 6) is -0.955. The molecule has 0 bridgehead atoms. The molecule has 0 aromatic rings. The van der Waals surface area contributed by atoms with Crippen LogP contribution in [-0.2, 0) is 14.4 Å². The molecule has 1 aliphatic heterocycles. The van der Waals surface area contributed by atoms with E-state index in [-0.39, 0.29) is 24.2 Å². The molecule has 1 N–H and O–H groups in total. The van der Waals surface area contributed by atoms with Gasteiger partial charge in [0.25, 0.3) is 0 Å². The Morgan fingerprint density at radius 3 is 2.68 bits per heavy atom. The molecule has 0 saturated carbocycles. The molecule has 1 heterocycles.